The van der Waals surface area contributed by atoms with E-state index in [4.69, 9.17) is 35.1 Å². The number of fused-ring (bicyclic) bond motifs is 5. The van der Waals surface area contributed by atoms with Gasteiger partial charge in [-0.1, -0.05) is 19.8 Å². The molecule has 54 heavy (non-hydrogen) atoms. The summed E-state index contributed by atoms with van der Waals surface area (Å²) in [4.78, 5) is 42.8. The molecular formula is C39H38N2O13. The molecule has 0 amide bonds. The Bertz CT molecular complexity index is 2300. The molecule has 15 nitrogen and oxygen atoms in total. The highest BCUT2D eigenvalue weighted by molar-refractivity contribution is 5.90. The predicted octanol–water partition coefficient (Wildman–Crippen LogP) is 1.81. The van der Waals surface area contributed by atoms with Crippen molar-refractivity contribution in [1.82, 2.24) is 9.55 Å². The van der Waals surface area contributed by atoms with E-state index in [-0.39, 0.29) is 55.2 Å². The van der Waals surface area contributed by atoms with Crippen LogP contribution in [0.3, 0.4) is 0 Å². The summed E-state index contributed by atoms with van der Waals surface area (Å²) in [6.45, 7) is 5.28. The number of carboxylic acids is 1. The van der Waals surface area contributed by atoms with Gasteiger partial charge in [-0.3, -0.25) is 4.79 Å². The Morgan fingerprint density at radius 3 is 2.56 bits per heavy atom. The molecule has 1 saturated heterocycles. The molecule has 3 aliphatic rings. The lowest BCUT2D eigenvalue weighted by Crippen LogP contribution is -2.61. The third-order valence-electron chi connectivity index (χ3n) is 10.3. The minimum Gasteiger partial charge on any atom is -0.489 e. The summed E-state index contributed by atoms with van der Waals surface area (Å²) in [5, 5.41) is 52.2. The maximum Gasteiger partial charge on any atom is 0.343 e. The molecule has 5 N–H and O–H groups in total. The number of aliphatic hydroxyl groups is 4. The summed E-state index contributed by atoms with van der Waals surface area (Å²) in [6.07, 6.45) is -2.79. The van der Waals surface area contributed by atoms with Crippen molar-refractivity contribution in [2.45, 2.75) is 89.7 Å². The number of carboxylic acid groups (broad SMARTS) is 1. The monoisotopic (exact) mass is 742 g/mol. The number of aryl methyl sites for hydroxylation is 1. The number of hydrogen-bond acceptors (Lipinski definition) is 13. The van der Waals surface area contributed by atoms with E-state index in [0.29, 0.717) is 46.0 Å². The lowest BCUT2D eigenvalue weighted by molar-refractivity contribution is -0.271. The Labute approximate surface area is 308 Å². The standard InChI is InChI=1S/C39H38N2O13/c1-5-12-50-33-18(4)28(53-37-32(44)30(42)31(43)34(54-37)36(46)47)11-8-19(33)16-51-20-9-10-26-22(13-20)21(6-2)23-15-41-27(29(23)40-26)14-25-24(35(41)45)17-52-38(48)39(25,49)7-3/h1,8-11,13-14,30-32,34,37,42-44,49H,6-7,12,15-17H2,2-4H3,(H,46,47)/t30-,31-,32+,34-,37+,39-/m0/s1. The molecule has 0 radical (unpaired) electrons. The number of aliphatic carboxylic acids is 1. The first kappa shape index (κ1) is 36.8. The molecule has 1 fully saturated rings. The van der Waals surface area contributed by atoms with Crippen molar-refractivity contribution in [2.24, 2.45) is 0 Å². The molecule has 282 valence electrons. The smallest absolute Gasteiger partial charge is 0.343 e. The summed E-state index contributed by atoms with van der Waals surface area (Å²) in [5.41, 5.74) is 2.84. The highest BCUT2D eigenvalue weighted by atomic mass is 16.7. The summed E-state index contributed by atoms with van der Waals surface area (Å²) < 4.78 is 30.0. The molecular weight excluding hydrogens is 704 g/mol. The van der Waals surface area contributed by atoms with E-state index < -0.39 is 48.2 Å². The fraction of sp³-hybridized carbons (Fsp3) is 0.385. The van der Waals surface area contributed by atoms with Crippen LogP contribution in [0.1, 0.15) is 53.6 Å². The van der Waals surface area contributed by atoms with Gasteiger partial charge >= 0.3 is 11.9 Å². The number of terminal acetylenes is 1. The summed E-state index contributed by atoms with van der Waals surface area (Å²) in [6, 6.07) is 10.3. The van der Waals surface area contributed by atoms with Crippen molar-refractivity contribution < 1.29 is 58.8 Å². The Morgan fingerprint density at radius 2 is 1.85 bits per heavy atom. The fourth-order valence-corrected chi connectivity index (χ4v) is 7.36. The first-order valence-electron chi connectivity index (χ1n) is 17.4. The van der Waals surface area contributed by atoms with E-state index in [1.165, 1.54) is 0 Å². The van der Waals surface area contributed by atoms with E-state index in [0.717, 1.165) is 16.5 Å². The van der Waals surface area contributed by atoms with Gasteiger partial charge in [0, 0.05) is 27.6 Å². The van der Waals surface area contributed by atoms with Gasteiger partial charge in [-0.15, -0.1) is 6.42 Å². The van der Waals surface area contributed by atoms with Crippen LogP contribution in [0.4, 0.5) is 0 Å². The number of cyclic esters (lactones) is 1. The lowest BCUT2D eigenvalue weighted by atomic mass is 9.86. The maximum atomic E-state index is 13.7. The molecule has 2 aromatic heterocycles. The highest BCUT2D eigenvalue weighted by Crippen LogP contribution is 2.41. The largest absolute Gasteiger partial charge is 0.489 e. The van der Waals surface area contributed by atoms with Crippen LogP contribution in [0.15, 0.2) is 41.2 Å². The molecule has 0 saturated carbocycles. The van der Waals surface area contributed by atoms with Gasteiger partial charge in [0.05, 0.1) is 29.0 Å². The number of nitrogens with zero attached hydrogens (tertiary/aromatic N) is 2. The van der Waals surface area contributed by atoms with Crippen LogP contribution < -0.4 is 19.8 Å². The molecule has 3 aliphatic heterocycles. The normalized spacial score (nSPS) is 24.2. The number of hydrogen-bond donors (Lipinski definition) is 5. The Balaban J connectivity index is 1.17. The van der Waals surface area contributed by atoms with E-state index >= 15 is 0 Å². The van der Waals surface area contributed by atoms with Gasteiger partial charge in [-0.05, 0) is 61.7 Å². The predicted molar refractivity (Wildman–Crippen MR) is 189 cm³/mol. The van der Waals surface area contributed by atoms with Gasteiger partial charge in [0.25, 0.3) is 5.56 Å². The number of ether oxygens (including phenoxy) is 5. The summed E-state index contributed by atoms with van der Waals surface area (Å²) in [7, 11) is 0. The second-order valence-corrected chi connectivity index (χ2v) is 13.4. The average molecular weight is 743 g/mol. The number of carbonyl (C=O) groups is 2. The van der Waals surface area contributed by atoms with Crippen molar-refractivity contribution in [3.05, 3.63) is 80.1 Å². The van der Waals surface area contributed by atoms with Crippen molar-refractivity contribution in [3.8, 4) is 41.0 Å². The van der Waals surface area contributed by atoms with Gasteiger partial charge in [-0.25, -0.2) is 14.6 Å². The maximum absolute atomic E-state index is 13.7. The zero-order valence-electron chi connectivity index (χ0n) is 29.6. The number of aliphatic hydroxyl groups excluding tert-OH is 3. The lowest BCUT2D eigenvalue weighted by Gasteiger charge is -2.38. The van der Waals surface area contributed by atoms with Crippen molar-refractivity contribution in [2.75, 3.05) is 6.61 Å². The first-order valence-corrected chi connectivity index (χ1v) is 17.4. The van der Waals surface area contributed by atoms with Crippen LogP contribution in [0.5, 0.6) is 17.2 Å². The third-order valence-corrected chi connectivity index (χ3v) is 10.3. The van der Waals surface area contributed by atoms with Crippen LogP contribution >= 0.6 is 0 Å². The van der Waals surface area contributed by atoms with E-state index in [1.54, 1.807) is 42.7 Å². The SMILES string of the molecule is C#CCOc1c(COc2ccc3nc4c(c(CC)c3c2)Cn2c-4cc3c(c2=O)COC(=O)[C@]3(O)CC)ccc(O[C@@H]2O[C@H](C(=O)O)[C@@H](O)[C@H](O)[C@H]2O)c1C. The molecule has 4 aromatic rings. The van der Waals surface area contributed by atoms with Crippen molar-refractivity contribution in [3.63, 3.8) is 0 Å². The number of carbonyl (C=O) groups excluding carboxylic acids is 1. The minimum atomic E-state index is -1.93. The van der Waals surface area contributed by atoms with Crippen LogP contribution in [0.2, 0.25) is 0 Å². The quantitative estimate of drug-likeness (QED) is 0.102. The molecule has 6 atom stereocenters. The second-order valence-electron chi connectivity index (χ2n) is 13.4. The van der Waals surface area contributed by atoms with Crippen LogP contribution in [0.25, 0.3) is 22.3 Å². The average Bonchev–Trinajstić information content (AvgIpc) is 3.53. The zero-order valence-corrected chi connectivity index (χ0v) is 29.6. The fourth-order valence-electron chi connectivity index (χ4n) is 7.36. The second kappa shape index (κ2) is 14.0. The number of rotatable bonds is 10. The van der Waals surface area contributed by atoms with Crippen molar-refractivity contribution >= 4 is 22.8 Å². The molecule has 0 bridgehead atoms. The number of pyridine rings is 2. The molecule has 15 heteroatoms. The van der Waals surface area contributed by atoms with Gasteiger partial charge < -0.3 is 53.8 Å². The van der Waals surface area contributed by atoms with Gasteiger partial charge in [0.1, 0.15) is 55.4 Å². The number of benzene rings is 2. The molecule has 2 aromatic carbocycles. The van der Waals surface area contributed by atoms with E-state index in [9.17, 15) is 39.9 Å². The van der Waals surface area contributed by atoms with Crippen LogP contribution in [-0.4, -0.2) is 84.3 Å². The Hall–Kier alpha value is -5.50. The van der Waals surface area contributed by atoms with E-state index in [2.05, 4.69) is 5.92 Å². The van der Waals surface area contributed by atoms with Crippen LogP contribution in [0, 0.1) is 19.3 Å². The van der Waals surface area contributed by atoms with Crippen LogP contribution in [-0.2, 0) is 50.8 Å². The van der Waals surface area contributed by atoms with Gasteiger partial charge in [0.2, 0.25) is 6.29 Å². The summed E-state index contributed by atoms with van der Waals surface area (Å²) in [5.74, 6) is 1.06. The van der Waals surface area contributed by atoms with E-state index in [1.807, 2.05) is 19.1 Å². The molecule has 0 spiro atoms. The highest BCUT2D eigenvalue weighted by Gasteiger charge is 2.48. The zero-order chi connectivity index (χ0) is 38.6. The van der Waals surface area contributed by atoms with Gasteiger partial charge in [0.15, 0.2) is 11.7 Å². The minimum absolute atomic E-state index is 0.0222. The summed E-state index contributed by atoms with van der Waals surface area (Å²) >= 11 is 0. The third kappa shape index (κ3) is 5.92. The topological polar surface area (TPSA) is 216 Å². The molecule has 5 heterocycles. The number of esters is 1. The molecule has 7 rings (SSSR count). The van der Waals surface area contributed by atoms with Crippen molar-refractivity contribution in [1.29, 1.82) is 0 Å². The van der Waals surface area contributed by atoms with Gasteiger partial charge in [-0.2, -0.15) is 0 Å². The first-order chi connectivity index (χ1) is 25.8. The molecule has 0 aliphatic carbocycles. The Morgan fingerprint density at radius 1 is 1.07 bits per heavy atom. The number of aromatic nitrogens is 2. The molecule has 0 unspecified atom stereocenters. The Kier molecular flexibility index (Phi) is 9.59.